The zero-order valence-corrected chi connectivity index (χ0v) is 15.4. The van der Waals surface area contributed by atoms with E-state index < -0.39 is 10.0 Å². The Bertz CT molecular complexity index is 819. The van der Waals surface area contributed by atoms with Crippen LogP contribution in [0, 0.1) is 0 Å². The summed E-state index contributed by atoms with van der Waals surface area (Å²) < 4.78 is 22.5. The van der Waals surface area contributed by atoms with Gasteiger partial charge in [-0.05, 0) is 37.0 Å². The van der Waals surface area contributed by atoms with Gasteiger partial charge in [-0.15, -0.1) is 5.10 Å². The molecule has 140 valence electrons. The fourth-order valence-electron chi connectivity index (χ4n) is 3.06. The van der Waals surface area contributed by atoms with Crippen LogP contribution < -0.4 is 15.8 Å². The molecule has 1 fully saturated rings. The maximum absolute atomic E-state index is 11.3. The van der Waals surface area contributed by atoms with Gasteiger partial charge in [-0.25, -0.2) is 13.6 Å². The van der Waals surface area contributed by atoms with Crippen molar-refractivity contribution in [2.45, 2.75) is 49.5 Å². The van der Waals surface area contributed by atoms with Crippen LogP contribution in [0.3, 0.4) is 0 Å². The highest BCUT2D eigenvalue weighted by atomic mass is 32.2. The smallest absolute Gasteiger partial charge is 0.244 e. The second-order valence-electron chi connectivity index (χ2n) is 6.51. The van der Waals surface area contributed by atoms with E-state index in [2.05, 4.69) is 25.8 Å². The molecule has 1 aromatic heterocycles. The van der Waals surface area contributed by atoms with Gasteiger partial charge < -0.3 is 10.6 Å². The largest absolute Gasteiger partial charge is 0.368 e. The highest BCUT2D eigenvalue weighted by molar-refractivity contribution is 7.89. The minimum Gasteiger partial charge on any atom is -0.368 e. The van der Waals surface area contributed by atoms with E-state index in [0.29, 0.717) is 24.4 Å². The summed E-state index contributed by atoms with van der Waals surface area (Å²) in [6.45, 7) is 0.649. The lowest BCUT2D eigenvalue weighted by molar-refractivity contribution is 0.460. The number of anilines is 2. The maximum Gasteiger partial charge on any atom is 0.244 e. The second-order valence-corrected chi connectivity index (χ2v) is 8.07. The van der Waals surface area contributed by atoms with E-state index in [0.717, 1.165) is 24.8 Å². The first-order valence-corrected chi connectivity index (χ1v) is 10.4. The molecule has 26 heavy (non-hydrogen) atoms. The fraction of sp³-hybridized carbons (Fsp3) is 0.471. The summed E-state index contributed by atoms with van der Waals surface area (Å²) in [5, 5.41) is 19.7. The topological polar surface area (TPSA) is 123 Å². The van der Waals surface area contributed by atoms with Gasteiger partial charge in [0.1, 0.15) is 0 Å². The van der Waals surface area contributed by atoms with E-state index >= 15 is 0 Å². The molecule has 0 unspecified atom stereocenters. The van der Waals surface area contributed by atoms with Crippen molar-refractivity contribution >= 4 is 21.8 Å². The van der Waals surface area contributed by atoms with Crippen molar-refractivity contribution in [3.8, 4) is 0 Å². The molecular formula is C17H24N6O2S. The molecule has 0 saturated heterocycles. The maximum atomic E-state index is 11.3. The van der Waals surface area contributed by atoms with Crippen LogP contribution >= 0.6 is 0 Å². The molecule has 0 spiro atoms. The van der Waals surface area contributed by atoms with Crippen LogP contribution in [-0.2, 0) is 16.4 Å². The lowest BCUT2D eigenvalue weighted by Crippen LogP contribution is -2.24. The van der Waals surface area contributed by atoms with E-state index in [1.165, 1.54) is 31.4 Å². The molecule has 1 aliphatic carbocycles. The van der Waals surface area contributed by atoms with Gasteiger partial charge in [0.15, 0.2) is 5.82 Å². The Morgan fingerprint density at radius 2 is 1.85 bits per heavy atom. The third-order valence-electron chi connectivity index (χ3n) is 4.47. The van der Waals surface area contributed by atoms with Gasteiger partial charge in [0.25, 0.3) is 0 Å². The van der Waals surface area contributed by atoms with Crippen molar-refractivity contribution in [3.05, 3.63) is 36.0 Å². The van der Waals surface area contributed by atoms with Crippen molar-refractivity contribution in [1.29, 1.82) is 0 Å². The summed E-state index contributed by atoms with van der Waals surface area (Å²) in [6, 6.07) is 6.98. The zero-order valence-electron chi connectivity index (χ0n) is 14.6. The van der Waals surface area contributed by atoms with Crippen LogP contribution in [0.15, 0.2) is 35.4 Å². The van der Waals surface area contributed by atoms with Crippen molar-refractivity contribution < 1.29 is 8.42 Å². The number of primary sulfonamides is 1. The highest BCUT2D eigenvalue weighted by Crippen LogP contribution is 2.20. The van der Waals surface area contributed by atoms with Crippen LogP contribution in [0.5, 0.6) is 0 Å². The summed E-state index contributed by atoms with van der Waals surface area (Å²) in [5.41, 5.74) is 1.01. The third-order valence-corrected chi connectivity index (χ3v) is 5.40. The van der Waals surface area contributed by atoms with E-state index in [-0.39, 0.29) is 4.90 Å². The SMILES string of the molecule is NS(=O)(=O)c1ccc(CCNc2cnnc(NC3CCCCC3)n2)cc1. The number of nitrogens with two attached hydrogens (primary N) is 1. The number of hydrogen-bond donors (Lipinski definition) is 3. The first kappa shape index (κ1) is 18.5. The predicted octanol–water partition coefficient (Wildman–Crippen LogP) is 1.92. The van der Waals surface area contributed by atoms with Crippen molar-refractivity contribution in [1.82, 2.24) is 15.2 Å². The number of benzene rings is 1. The first-order chi connectivity index (χ1) is 12.5. The summed E-state index contributed by atoms with van der Waals surface area (Å²) in [6.07, 6.45) is 8.40. The Balaban J connectivity index is 1.50. The van der Waals surface area contributed by atoms with E-state index in [1.807, 2.05) is 0 Å². The Morgan fingerprint density at radius 3 is 2.54 bits per heavy atom. The third kappa shape index (κ3) is 5.37. The quantitative estimate of drug-likeness (QED) is 0.674. The predicted molar refractivity (Wildman–Crippen MR) is 100 cm³/mol. The molecular weight excluding hydrogens is 352 g/mol. The normalized spacial score (nSPS) is 15.6. The zero-order chi connectivity index (χ0) is 18.4. The Morgan fingerprint density at radius 1 is 1.12 bits per heavy atom. The Hall–Kier alpha value is -2.26. The van der Waals surface area contributed by atoms with Gasteiger partial charge in [-0.3, -0.25) is 0 Å². The van der Waals surface area contributed by atoms with Crippen molar-refractivity contribution in [2.24, 2.45) is 5.14 Å². The number of sulfonamides is 1. The van der Waals surface area contributed by atoms with Crippen LogP contribution in [0.1, 0.15) is 37.7 Å². The molecule has 2 aromatic rings. The number of nitrogens with zero attached hydrogens (tertiary/aromatic N) is 3. The molecule has 0 aliphatic heterocycles. The average Bonchev–Trinajstić information content (AvgIpc) is 2.63. The van der Waals surface area contributed by atoms with Crippen LogP contribution in [0.2, 0.25) is 0 Å². The highest BCUT2D eigenvalue weighted by Gasteiger charge is 2.14. The Kier molecular flexibility index (Phi) is 6.00. The summed E-state index contributed by atoms with van der Waals surface area (Å²) in [5.74, 6) is 1.22. The monoisotopic (exact) mass is 376 g/mol. The molecule has 1 heterocycles. The first-order valence-electron chi connectivity index (χ1n) is 8.82. The molecule has 0 atom stereocenters. The Labute approximate surface area is 153 Å². The number of nitrogens with one attached hydrogen (secondary N) is 2. The second kappa shape index (κ2) is 8.41. The molecule has 0 bridgehead atoms. The van der Waals surface area contributed by atoms with Gasteiger partial charge >= 0.3 is 0 Å². The van der Waals surface area contributed by atoms with Gasteiger partial charge in [-0.2, -0.15) is 10.1 Å². The molecule has 8 nitrogen and oxygen atoms in total. The molecule has 4 N–H and O–H groups in total. The molecule has 1 aromatic carbocycles. The average molecular weight is 376 g/mol. The van der Waals surface area contributed by atoms with Crippen molar-refractivity contribution in [2.75, 3.05) is 17.2 Å². The van der Waals surface area contributed by atoms with E-state index in [9.17, 15) is 8.42 Å². The minimum atomic E-state index is -3.65. The molecule has 9 heteroatoms. The fourth-order valence-corrected chi connectivity index (χ4v) is 3.58. The lowest BCUT2D eigenvalue weighted by Gasteiger charge is -2.22. The van der Waals surface area contributed by atoms with Gasteiger partial charge in [-0.1, -0.05) is 31.4 Å². The van der Waals surface area contributed by atoms with Gasteiger partial charge in [0.05, 0.1) is 11.1 Å². The molecule has 3 rings (SSSR count). The molecule has 0 amide bonds. The summed E-state index contributed by atoms with van der Waals surface area (Å²) in [4.78, 5) is 4.57. The van der Waals surface area contributed by atoms with Crippen LogP contribution in [-0.4, -0.2) is 36.2 Å². The number of rotatable bonds is 7. The van der Waals surface area contributed by atoms with Gasteiger partial charge in [0, 0.05) is 12.6 Å². The lowest BCUT2D eigenvalue weighted by atomic mass is 9.96. The van der Waals surface area contributed by atoms with E-state index in [4.69, 9.17) is 5.14 Å². The summed E-state index contributed by atoms with van der Waals surface area (Å²) >= 11 is 0. The minimum absolute atomic E-state index is 0.118. The summed E-state index contributed by atoms with van der Waals surface area (Å²) in [7, 11) is -3.65. The standard InChI is InChI=1S/C17H24N6O2S/c18-26(24,25)15-8-6-13(7-9-15)10-11-19-16-12-20-23-17(22-16)21-14-4-2-1-3-5-14/h6-9,12,14H,1-5,10-11H2,(H2,18,24,25)(H2,19,21,22,23). The molecule has 0 radical (unpaired) electrons. The number of aromatic nitrogens is 3. The van der Waals surface area contributed by atoms with Gasteiger partial charge in [0.2, 0.25) is 16.0 Å². The molecule has 1 saturated carbocycles. The van der Waals surface area contributed by atoms with Crippen molar-refractivity contribution in [3.63, 3.8) is 0 Å². The van der Waals surface area contributed by atoms with Crippen LogP contribution in [0.4, 0.5) is 11.8 Å². The molecule has 1 aliphatic rings. The number of hydrogen-bond acceptors (Lipinski definition) is 7. The van der Waals surface area contributed by atoms with E-state index in [1.54, 1.807) is 18.3 Å². The van der Waals surface area contributed by atoms with Crippen LogP contribution in [0.25, 0.3) is 0 Å².